The van der Waals surface area contributed by atoms with E-state index in [1.807, 2.05) is 0 Å². The lowest BCUT2D eigenvalue weighted by atomic mass is 9.97. The summed E-state index contributed by atoms with van der Waals surface area (Å²) in [7, 11) is 0. The van der Waals surface area contributed by atoms with Crippen molar-refractivity contribution in [2.24, 2.45) is 5.92 Å². The van der Waals surface area contributed by atoms with Crippen LogP contribution < -0.4 is 10.6 Å². The molecule has 2 aliphatic heterocycles. The number of amides is 1. The van der Waals surface area contributed by atoms with Crippen LogP contribution in [0.2, 0.25) is 0 Å². The van der Waals surface area contributed by atoms with E-state index in [0.717, 1.165) is 57.6 Å². The Balaban J connectivity index is 0.00000240. The largest absolute Gasteiger partial charge is 0.444 e. The highest BCUT2D eigenvalue weighted by atomic mass is 35.5. The number of oxazole rings is 1. The number of carbonyl (C=O) groups is 1. The van der Waals surface area contributed by atoms with Crippen LogP contribution in [0.25, 0.3) is 11.5 Å². The molecule has 2 atom stereocenters. The second-order valence-electron chi connectivity index (χ2n) is 7.79. The molecule has 0 spiro atoms. The van der Waals surface area contributed by atoms with Crippen LogP contribution in [0.4, 0.5) is 4.39 Å². The Kier molecular flexibility index (Phi) is 7.64. The Hall–Kier alpha value is -1.96. The normalized spacial score (nSPS) is 22.2. The van der Waals surface area contributed by atoms with Crippen LogP contribution in [-0.2, 0) is 11.3 Å². The molecule has 2 unspecified atom stereocenters. The number of nitrogens with zero attached hydrogens (tertiary/aromatic N) is 2. The molecule has 4 rings (SSSR count). The van der Waals surface area contributed by atoms with E-state index in [1.165, 1.54) is 12.1 Å². The number of piperidine rings is 1. The first-order chi connectivity index (χ1) is 13.7. The summed E-state index contributed by atoms with van der Waals surface area (Å²) in [6, 6.07) is 6.25. The molecule has 2 N–H and O–H groups in total. The molecular formula is C21H28ClFN4O2. The van der Waals surface area contributed by atoms with Crippen molar-refractivity contribution in [1.29, 1.82) is 0 Å². The maximum absolute atomic E-state index is 13.4. The van der Waals surface area contributed by atoms with Gasteiger partial charge in [0.25, 0.3) is 0 Å². The second kappa shape index (κ2) is 10.2. The van der Waals surface area contributed by atoms with Crippen LogP contribution >= 0.6 is 12.4 Å². The highest BCUT2D eigenvalue weighted by Gasteiger charge is 2.25. The number of benzene rings is 1. The standard InChI is InChI=1S/C21H27FN4O2.ClH/c22-17-6-1-5-16(10-17)21-25-18(14-28-21)13-26-9-3-4-15(12-26)11-24-20(27)19-7-2-8-23-19;/h1,5-6,10,14-15,19,23H,2-4,7-9,11-13H2,(H,24,27);1H. The van der Waals surface area contributed by atoms with E-state index in [0.29, 0.717) is 23.9 Å². The number of likely N-dealkylation sites (tertiary alicyclic amines) is 1. The minimum absolute atomic E-state index is 0. The molecule has 2 aromatic rings. The summed E-state index contributed by atoms with van der Waals surface area (Å²) in [6.07, 6.45) is 5.89. The van der Waals surface area contributed by atoms with E-state index in [9.17, 15) is 9.18 Å². The molecule has 2 fully saturated rings. The minimum atomic E-state index is -0.300. The van der Waals surface area contributed by atoms with E-state index in [1.54, 1.807) is 18.4 Å². The molecule has 0 radical (unpaired) electrons. The maximum atomic E-state index is 13.4. The SMILES string of the molecule is Cl.O=C(NCC1CCCN(Cc2coc(-c3cccc(F)c3)n2)C1)C1CCCN1. The third-order valence-corrected chi connectivity index (χ3v) is 5.55. The van der Waals surface area contributed by atoms with Gasteiger partial charge in [0.05, 0.1) is 11.7 Å². The van der Waals surface area contributed by atoms with Gasteiger partial charge in [-0.15, -0.1) is 12.4 Å². The Morgan fingerprint density at radius 1 is 1.34 bits per heavy atom. The van der Waals surface area contributed by atoms with Gasteiger partial charge in [0.15, 0.2) is 0 Å². The first-order valence-electron chi connectivity index (χ1n) is 10.1. The summed E-state index contributed by atoms with van der Waals surface area (Å²) in [4.78, 5) is 19.0. The summed E-state index contributed by atoms with van der Waals surface area (Å²) >= 11 is 0. The van der Waals surface area contributed by atoms with Gasteiger partial charge >= 0.3 is 0 Å². The first-order valence-corrected chi connectivity index (χ1v) is 10.1. The molecule has 6 nitrogen and oxygen atoms in total. The Labute approximate surface area is 176 Å². The van der Waals surface area contributed by atoms with Gasteiger partial charge in [-0.1, -0.05) is 6.07 Å². The fraction of sp³-hybridized carbons (Fsp3) is 0.524. The summed E-state index contributed by atoms with van der Waals surface area (Å²) in [5.74, 6) is 0.727. The third-order valence-electron chi connectivity index (χ3n) is 5.55. The number of hydrogen-bond donors (Lipinski definition) is 2. The van der Waals surface area contributed by atoms with E-state index < -0.39 is 0 Å². The Morgan fingerprint density at radius 2 is 2.24 bits per heavy atom. The Bertz CT molecular complexity index is 809. The van der Waals surface area contributed by atoms with Gasteiger partial charge in [-0.3, -0.25) is 9.69 Å². The van der Waals surface area contributed by atoms with Crippen LogP contribution in [0.1, 0.15) is 31.4 Å². The van der Waals surface area contributed by atoms with Gasteiger partial charge in [0.1, 0.15) is 12.1 Å². The predicted molar refractivity (Wildman–Crippen MR) is 111 cm³/mol. The lowest BCUT2D eigenvalue weighted by Crippen LogP contribution is -2.45. The van der Waals surface area contributed by atoms with E-state index >= 15 is 0 Å². The maximum Gasteiger partial charge on any atom is 0.237 e. The van der Waals surface area contributed by atoms with Gasteiger partial charge < -0.3 is 15.1 Å². The van der Waals surface area contributed by atoms with Crippen LogP contribution in [0.5, 0.6) is 0 Å². The van der Waals surface area contributed by atoms with E-state index in [-0.39, 0.29) is 30.2 Å². The van der Waals surface area contributed by atoms with Crippen molar-refractivity contribution in [3.63, 3.8) is 0 Å². The zero-order valence-corrected chi connectivity index (χ0v) is 17.2. The van der Waals surface area contributed by atoms with Crippen LogP contribution in [0.15, 0.2) is 34.9 Å². The van der Waals surface area contributed by atoms with Gasteiger partial charge in [-0.25, -0.2) is 9.37 Å². The molecular weight excluding hydrogens is 395 g/mol. The van der Waals surface area contributed by atoms with Crippen LogP contribution in [0.3, 0.4) is 0 Å². The van der Waals surface area contributed by atoms with Crippen molar-refractivity contribution in [1.82, 2.24) is 20.5 Å². The molecule has 0 saturated carbocycles. The van der Waals surface area contributed by atoms with Gasteiger partial charge in [0.2, 0.25) is 11.8 Å². The molecule has 0 aliphatic carbocycles. The number of hydrogen-bond acceptors (Lipinski definition) is 5. The molecule has 1 aromatic carbocycles. The van der Waals surface area contributed by atoms with Crippen LogP contribution in [0, 0.1) is 11.7 Å². The third kappa shape index (κ3) is 5.78. The average Bonchev–Trinajstić information content (AvgIpc) is 3.39. The van der Waals surface area contributed by atoms with Crippen molar-refractivity contribution in [2.75, 3.05) is 26.2 Å². The van der Waals surface area contributed by atoms with E-state index in [4.69, 9.17) is 4.42 Å². The zero-order valence-electron chi connectivity index (χ0n) is 16.4. The number of rotatable bonds is 6. The first kappa shape index (κ1) is 21.7. The predicted octanol–water partition coefficient (Wildman–Crippen LogP) is 2.98. The highest BCUT2D eigenvalue weighted by Crippen LogP contribution is 2.22. The summed E-state index contributed by atoms with van der Waals surface area (Å²) in [5.41, 5.74) is 1.49. The molecule has 158 valence electrons. The molecule has 2 aliphatic rings. The molecule has 0 bridgehead atoms. The van der Waals surface area contributed by atoms with E-state index in [2.05, 4.69) is 20.5 Å². The summed E-state index contributed by atoms with van der Waals surface area (Å²) < 4.78 is 18.9. The number of aromatic nitrogens is 1. The molecule has 1 aromatic heterocycles. The summed E-state index contributed by atoms with van der Waals surface area (Å²) in [6.45, 7) is 4.30. The summed E-state index contributed by atoms with van der Waals surface area (Å²) in [5, 5.41) is 6.35. The molecule has 29 heavy (non-hydrogen) atoms. The van der Waals surface area contributed by atoms with Crippen LogP contribution in [-0.4, -0.2) is 48.0 Å². The smallest absolute Gasteiger partial charge is 0.237 e. The lowest BCUT2D eigenvalue weighted by molar-refractivity contribution is -0.123. The second-order valence-corrected chi connectivity index (χ2v) is 7.79. The van der Waals surface area contributed by atoms with Crippen molar-refractivity contribution in [3.8, 4) is 11.5 Å². The van der Waals surface area contributed by atoms with Crippen molar-refractivity contribution >= 4 is 18.3 Å². The molecule has 2 saturated heterocycles. The fourth-order valence-corrected chi connectivity index (χ4v) is 4.10. The van der Waals surface area contributed by atoms with Gasteiger partial charge in [0, 0.05) is 25.2 Å². The zero-order chi connectivity index (χ0) is 19.3. The number of halogens is 2. The number of nitrogens with one attached hydrogen (secondary N) is 2. The average molecular weight is 423 g/mol. The monoisotopic (exact) mass is 422 g/mol. The number of carbonyl (C=O) groups excluding carboxylic acids is 1. The lowest BCUT2D eigenvalue weighted by Gasteiger charge is -2.32. The van der Waals surface area contributed by atoms with Gasteiger partial charge in [-0.05, 0) is 62.9 Å². The van der Waals surface area contributed by atoms with Crippen molar-refractivity contribution in [3.05, 3.63) is 42.0 Å². The fourth-order valence-electron chi connectivity index (χ4n) is 4.10. The highest BCUT2D eigenvalue weighted by molar-refractivity contribution is 5.85. The molecule has 8 heteroatoms. The van der Waals surface area contributed by atoms with Gasteiger partial charge in [-0.2, -0.15) is 0 Å². The molecule has 3 heterocycles. The Morgan fingerprint density at radius 3 is 3.03 bits per heavy atom. The minimum Gasteiger partial charge on any atom is -0.444 e. The van der Waals surface area contributed by atoms with Crippen molar-refractivity contribution < 1.29 is 13.6 Å². The topological polar surface area (TPSA) is 70.4 Å². The molecule has 1 amide bonds. The quantitative estimate of drug-likeness (QED) is 0.748. The van der Waals surface area contributed by atoms with Crippen molar-refractivity contribution in [2.45, 2.75) is 38.3 Å².